The van der Waals surface area contributed by atoms with E-state index in [1.807, 2.05) is 0 Å². The number of hydrogen-bond acceptors (Lipinski definition) is 4. The van der Waals surface area contributed by atoms with Crippen molar-refractivity contribution < 1.29 is 0 Å². The smallest absolute Gasteiger partial charge is 0.0918 e. The summed E-state index contributed by atoms with van der Waals surface area (Å²) in [7, 11) is 0. The molecule has 0 aromatic heterocycles. The van der Waals surface area contributed by atoms with E-state index in [-0.39, 0.29) is 5.92 Å². The fourth-order valence-electron chi connectivity index (χ4n) is 2.52. The molecule has 0 atom stereocenters. The first-order valence-corrected chi connectivity index (χ1v) is 7.30. The molecule has 21 heavy (non-hydrogen) atoms. The number of aliphatic imine (C=N–C) groups is 2. The van der Waals surface area contributed by atoms with Crippen molar-refractivity contribution in [1.82, 2.24) is 0 Å². The second-order valence-corrected chi connectivity index (χ2v) is 6.08. The van der Waals surface area contributed by atoms with Crippen LogP contribution in [-0.2, 0) is 0 Å². The number of rotatable bonds is 5. The highest BCUT2D eigenvalue weighted by molar-refractivity contribution is 5.74. The maximum absolute atomic E-state index is 7.23. The molecule has 4 heteroatoms. The molecule has 0 radical (unpaired) electrons. The molecule has 1 aromatic rings. The molecule has 0 unspecified atom stereocenters. The summed E-state index contributed by atoms with van der Waals surface area (Å²) in [5.74, 6) is 0.788. The quantitative estimate of drug-likeness (QED) is 0.639. The second kappa shape index (κ2) is 7.12. The summed E-state index contributed by atoms with van der Waals surface area (Å²) in [5.41, 5.74) is 4.73. The van der Waals surface area contributed by atoms with Gasteiger partial charge in [0.2, 0.25) is 0 Å². The van der Waals surface area contributed by atoms with Crippen LogP contribution in [0.4, 0.5) is 11.4 Å². The first-order valence-electron chi connectivity index (χ1n) is 7.30. The first-order chi connectivity index (χ1) is 9.84. The molecule has 0 heterocycles. The molecule has 112 valence electrons. The molecule has 0 bridgehead atoms. The highest BCUT2D eigenvalue weighted by Crippen LogP contribution is 2.45. The van der Waals surface area contributed by atoms with Gasteiger partial charge in [-0.1, -0.05) is 47.6 Å². The summed E-state index contributed by atoms with van der Waals surface area (Å²) in [4.78, 5) is 8.32. The van der Waals surface area contributed by atoms with E-state index in [4.69, 9.17) is 10.8 Å². The van der Waals surface area contributed by atoms with Crippen molar-refractivity contribution in [3.05, 3.63) is 22.8 Å². The zero-order valence-electron chi connectivity index (χ0n) is 13.7. The molecule has 1 rings (SSSR count). The molecule has 0 saturated heterocycles. The van der Waals surface area contributed by atoms with Gasteiger partial charge in [-0.25, -0.2) is 10.8 Å². The Morgan fingerprint density at radius 2 is 1.14 bits per heavy atom. The van der Waals surface area contributed by atoms with Crippen LogP contribution in [0, 0.1) is 10.8 Å². The average Bonchev–Trinajstić information content (AvgIpc) is 2.38. The van der Waals surface area contributed by atoms with E-state index in [9.17, 15) is 0 Å². The third kappa shape index (κ3) is 3.55. The molecule has 0 fully saturated rings. The van der Waals surface area contributed by atoms with Crippen LogP contribution in [0.1, 0.15) is 76.0 Å². The van der Waals surface area contributed by atoms with Gasteiger partial charge in [0, 0.05) is 5.56 Å². The Labute approximate surface area is 127 Å². The number of benzene rings is 1. The van der Waals surface area contributed by atoms with Gasteiger partial charge in [-0.05, 0) is 28.9 Å². The maximum Gasteiger partial charge on any atom is 0.0918 e. The predicted octanol–water partition coefficient (Wildman–Crippen LogP) is 5.83. The number of nitrogens with zero attached hydrogens (tertiary/aromatic N) is 2. The van der Waals surface area contributed by atoms with Crippen LogP contribution in [-0.4, -0.2) is 12.0 Å². The average molecular weight is 284 g/mol. The van der Waals surface area contributed by atoms with Gasteiger partial charge < -0.3 is 0 Å². The van der Waals surface area contributed by atoms with Crippen LogP contribution in [0.15, 0.2) is 16.1 Å². The van der Waals surface area contributed by atoms with E-state index in [1.165, 1.54) is 0 Å². The normalized spacial score (nSPS) is 10.7. The van der Waals surface area contributed by atoms with Crippen molar-refractivity contribution in [1.29, 1.82) is 10.8 Å². The Bertz CT molecular complexity index is 566. The first kappa shape index (κ1) is 17.0. The minimum atomic E-state index is 0.195. The summed E-state index contributed by atoms with van der Waals surface area (Å²) in [6.45, 7) is 12.6. The Morgan fingerprint density at radius 3 is 1.38 bits per heavy atom. The zero-order chi connectivity index (χ0) is 16.2. The summed E-state index contributed by atoms with van der Waals surface area (Å²) in [5, 5.41) is 14.5. The Hall–Kier alpha value is -2.02. The van der Waals surface area contributed by atoms with E-state index in [0.717, 1.165) is 28.1 Å². The molecule has 0 aliphatic heterocycles. The van der Waals surface area contributed by atoms with Crippen molar-refractivity contribution in [3.63, 3.8) is 0 Å². The highest BCUT2D eigenvalue weighted by Gasteiger charge is 2.22. The van der Waals surface area contributed by atoms with Gasteiger partial charge in [0.05, 0.1) is 23.4 Å². The van der Waals surface area contributed by atoms with Crippen LogP contribution < -0.4 is 0 Å². The lowest BCUT2D eigenvalue weighted by molar-refractivity contribution is 0.806. The van der Waals surface area contributed by atoms with Gasteiger partial charge >= 0.3 is 0 Å². The molecular formula is C17H24N4. The van der Waals surface area contributed by atoms with E-state index in [2.05, 4.69) is 69.6 Å². The Balaban J connectivity index is 3.97. The molecule has 4 nitrogen and oxygen atoms in total. The van der Waals surface area contributed by atoms with Crippen molar-refractivity contribution >= 4 is 23.4 Å². The van der Waals surface area contributed by atoms with Crippen molar-refractivity contribution in [2.45, 2.75) is 59.3 Å². The predicted molar refractivity (Wildman–Crippen MR) is 88.3 cm³/mol. The minimum absolute atomic E-state index is 0.195. The van der Waals surface area contributed by atoms with Gasteiger partial charge in [-0.2, -0.15) is 9.98 Å². The van der Waals surface area contributed by atoms with Crippen molar-refractivity contribution in [2.24, 2.45) is 9.98 Å². The van der Waals surface area contributed by atoms with E-state index in [1.54, 1.807) is 0 Å². The van der Waals surface area contributed by atoms with Gasteiger partial charge in [0.25, 0.3) is 0 Å². The van der Waals surface area contributed by atoms with Gasteiger partial charge in [0.15, 0.2) is 0 Å². The van der Waals surface area contributed by atoms with Gasteiger partial charge in [-0.15, -0.1) is 0 Å². The Morgan fingerprint density at radius 1 is 0.762 bits per heavy atom. The largest absolute Gasteiger partial charge is 0.241 e. The molecule has 2 N–H and O–H groups in total. The fraction of sp³-hybridized carbons (Fsp3) is 0.529. The second-order valence-electron chi connectivity index (χ2n) is 6.08. The summed E-state index contributed by atoms with van der Waals surface area (Å²) >= 11 is 0. The summed E-state index contributed by atoms with van der Waals surface area (Å²) in [6.07, 6.45) is 0. The monoisotopic (exact) mass is 284 g/mol. The molecule has 0 aliphatic carbocycles. The molecular weight excluding hydrogens is 260 g/mol. The standard InChI is InChI=1S/C17H24N4/c1-10(2)13-7-14(11(3)4)17(21-9-19)15(12(5)6)16(13)20-8-18/h7,10-12,18-19H,1-6H3. The minimum Gasteiger partial charge on any atom is -0.241 e. The van der Waals surface area contributed by atoms with E-state index < -0.39 is 0 Å². The molecule has 1 aromatic carbocycles. The molecule has 0 amide bonds. The summed E-state index contributed by atoms with van der Waals surface area (Å²) < 4.78 is 0. The van der Waals surface area contributed by atoms with Gasteiger partial charge in [0.1, 0.15) is 0 Å². The van der Waals surface area contributed by atoms with E-state index in [0.29, 0.717) is 11.8 Å². The van der Waals surface area contributed by atoms with Crippen LogP contribution in [0.5, 0.6) is 0 Å². The maximum atomic E-state index is 7.23. The Kier molecular flexibility index (Phi) is 5.78. The number of hydrogen-bond donors (Lipinski definition) is 2. The molecule has 0 spiro atoms. The van der Waals surface area contributed by atoms with Crippen LogP contribution in [0.25, 0.3) is 0 Å². The lowest BCUT2D eigenvalue weighted by Crippen LogP contribution is -2.01. The lowest BCUT2D eigenvalue weighted by atomic mass is 9.85. The van der Waals surface area contributed by atoms with Crippen molar-refractivity contribution in [3.8, 4) is 0 Å². The summed E-state index contributed by atoms with van der Waals surface area (Å²) in [6, 6.07) is 6.42. The number of nitrogens with one attached hydrogen (secondary N) is 2. The fourth-order valence-corrected chi connectivity index (χ4v) is 2.52. The van der Waals surface area contributed by atoms with Crippen molar-refractivity contribution in [2.75, 3.05) is 0 Å². The molecule has 0 saturated carbocycles. The SMILES string of the molecule is CC(C)c1cc(C(C)C)c(N=C=N)c(C(C)C)c1N=C=N. The highest BCUT2D eigenvalue weighted by atomic mass is 14.8. The third-order valence-corrected chi connectivity index (χ3v) is 3.52. The lowest BCUT2D eigenvalue weighted by Gasteiger charge is -2.22. The van der Waals surface area contributed by atoms with Crippen LogP contribution in [0.2, 0.25) is 0 Å². The van der Waals surface area contributed by atoms with Crippen LogP contribution in [0.3, 0.4) is 0 Å². The van der Waals surface area contributed by atoms with E-state index >= 15 is 0 Å². The zero-order valence-corrected chi connectivity index (χ0v) is 13.7. The third-order valence-electron chi connectivity index (χ3n) is 3.52. The van der Waals surface area contributed by atoms with Crippen LogP contribution >= 0.6 is 0 Å². The topological polar surface area (TPSA) is 72.4 Å². The van der Waals surface area contributed by atoms with Gasteiger partial charge in [-0.3, -0.25) is 0 Å². The molecule has 0 aliphatic rings.